The second kappa shape index (κ2) is 6.69. The largest absolute Gasteiger partial charge is 0.726 e. The molecule has 102 valence electrons. The summed E-state index contributed by atoms with van der Waals surface area (Å²) in [6.07, 6.45) is 0.797. The Kier molecular flexibility index (Phi) is 5.54. The van der Waals surface area contributed by atoms with Gasteiger partial charge in [-0.1, -0.05) is 12.1 Å². The van der Waals surface area contributed by atoms with Gasteiger partial charge in [0.2, 0.25) is 10.4 Å². The van der Waals surface area contributed by atoms with Crippen molar-refractivity contribution in [1.29, 1.82) is 0 Å². The molecule has 0 amide bonds. The van der Waals surface area contributed by atoms with Crippen LogP contribution in [0.5, 0.6) is 0 Å². The molecule has 0 aliphatic rings. The maximum atomic E-state index is 10.1. The van der Waals surface area contributed by atoms with E-state index in [4.69, 9.17) is 5.73 Å². The summed E-state index contributed by atoms with van der Waals surface area (Å²) in [5.41, 5.74) is 8.65. The van der Waals surface area contributed by atoms with E-state index in [9.17, 15) is 13.0 Å². The lowest BCUT2D eigenvalue weighted by Gasteiger charge is -2.09. The van der Waals surface area contributed by atoms with Gasteiger partial charge in [-0.15, -0.1) is 0 Å². The fraction of sp³-hybridized carbons (Fsp3) is 0.455. The number of hydrogen-bond acceptors (Lipinski definition) is 6. The van der Waals surface area contributed by atoms with Crippen molar-refractivity contribution in [3.63, 3.8) is 0 Å². The van der Waals surface area contributed by atoms with E-state index in [1.165, 1.54) is 0 Å². The molecule has 0 saturated carbocycles. The molecule has 0 aromatic heterocycles. The summed E-state index contributed by atoms with van der Waals surface area (Å²) in [7, 11) is -4.58. The van der Waals surface area contributed by atoms with Gasteiger partial charge in [0, 0.05) is 12.2 Å². The van der Waals surface area contributed by atoms with Gasteiger partial charge < -0.3 is 15.6 Å². The molecule has 0 aliphatic carbocycles. The number of nitrogens with two attached hydrogens (primary N) is 1. The molecule has 0 radical (unpaired) electrons. The highest BCUT2D eigenvalue weighted by molar-refractivity contribution is 7.80. The molecule has 18 heavy (non-hydrogen) atoms. The molecule has 6 nitrogen and oxygen atoms in total. The molecule has 0 aliphatic heterocycles. The molecule has 0 saturated heterocycles. The van der Waals surface area contributed by atoms with Crippen molar-refractivity contribution >= 4 is 16.1 Å². The summed E-state index contributed by atoms with van der Waals surface area (Å²) >= 11 is 0. The van der Waals surface area contributed by atoms with Gasteiger partial charge in [-0.2, -0.15) is 0 Å². The van der Waals surface area contributed by atoms with Crippen LogP contribution in [0.15, 0.2) is 18.2 Å². The number of benzene rings is 1. The van der Waals surface area contributed by atoms with Gasteiger partial charge in [-0.3, -0.25) is 4.18 Å². The molecule has 7 heteroatoms. The third-order valence-electron chi connectivity index (χ3n) is 2.43. The Hall–Kier alpha value is -1.15. The average molecular weight is 273 g/mol. The van der Waals surface area contributed by atoms with Crippen LogP contribution in [0.25, 0.3) is 0 Å². The molecule has 1 aromatic rings. The van der Waals surface area contributed by atoms with E-state index < -0.39 is 10.4 Å². The fourth-order valence-corrected chi connectivity index (χ4v) is 1.75. The van der Waals surface area contributed by atoms with Gasteiger partial charge >= 0.3 is 0 Å². The van der Waals surface area contributed by atoms with E-state index in [1.54, 1.807) is 0 Å². The van der Waals surface area contributed by atoms with Crippen molar-refractivity contribution in [2.75, 3.05) is 25.4 Å². The molecule has 0 spiro atoms. The van der Waals surface area contributed by atoms with Crippen molar-refractivity contribution in [3.8, 4) is 0 Å². The summed E-state index contributed by atoms with van der Waals surface area (Å²) in [5.74, 6) is 0. The van der Waals surface area contributed by atoms with Crippen LogP contribution in [0.4, 0.5) is 5.69 Å². The average Bonchev–Trinajstić information content (AvgIpc) is 2.26. The Morgan fingerprint density at radius 3 is 2.72 bits per heavy atom. The van der Waals surface area contributed by atoms with E-state index >= 15 is 0 Å². The lowest BCUT2D eigenvalue weighted by molar-refractivity contribution is 0.261. The molecule has 0 bridgehead atoms. The van der Waals surface area contributed by atoms with Gasteiger partial charge in [0.25, 0.3) is 0 Å². The lowest BCUT2D eigenvalue weighted by Crippen LogP contribution is -2.23. The highest BCUT2D eigenvalue weighted by Crippen LogP contribution is 2.12. The van der Waals surface area contributed by atoms with E-state index in [0.29, 0.717) is 13.1 Å². The van der Waals surface area contributed by atoms with Gasteiger partial charge in [0.15, 0.2) is 0 Å². The molecular weight excluding hydrogens is 256 g/mol. The van der Waals surface area contributed by atoms with Crippen LogP contribution in [0.2, 0.25) is 0 Å². The van der Waals surface area contributed by atoms with Gasteiger partial charge in [-0.05, 0) is 37.1 Å². The van der Waals surface area contributed by atoms with Crippen LogP contribution in [0.3, 0.4) is 0 Å². The number of nitrogen functional groups attached to an aromatic ring is 1. The Morgan fingerprint density at radius 2 is 2.11 bits per heavy atom. The minimum atomic E-state index is -4.58. The summed E-state index contributed by atoms with van der Waals surface area (Å²) in [5, 5.41) is 2.98. The van der Waals surface area contributed by atoms with Crippen LogP contribution >= 0.6 is 0 Å². The van der Waals surface area contributed by atoms with Crippen LogP contribution < -0.4 is 11.1 Å². The summed E-state index contributed by atoms with van der Waals surface area (Å²) in [6, 6.07) is 5.82. The highest BCUT2D eigenvalue weighted by Gasteiger charge is 1.98. The first kappa shape index (κ1) is 14.9. The van der Waals surface area contributed by atoms with E-state index in [1.807, 2.05) is 25.1 Å². The minimum Gasteiger partial charge on any atom is -0.726 e. The number of nitrogens with one attached hydrogen (secondary N) is 1. The first-order valence-electron chi connectivity index (χ1n) is 5.54. The van der Waals surface area contributed by atoms with Crippen LogP contribution in [-0.2, 0) is 21.0 Å². The predicted molar refractivity (Wildman–Crippen MR) is 67.8 cm³/mol. The van der Waals surface area contributed by atoms with Gasteiger partial charge in [0.05, 0.1) is 6.61 Å². The van der Waals surface area contributed by atoms with Crippen molar-refractivity contribution in [2.24, 2.45) is 0 Å². The summed E-state index contributed by atoms with van der Waals surface area (Å²) in [6.45, 7) is 2.78. The Bertz CT molecular complexity index is 488. The Balaban J connectivity index is 2.20. The van der Waals surface area contributed by atoms with Crippen LogP contribution in [0.1, 0.15) is 11.1 Å². The minimum absolute atomic E-state index is 0.146. The Morgan fingerprint density at radius 1 is 1.39 bits per heavy atom. The number of hydrogen-bond donors (Lipinski definition) is 2. The normalized spacial score (nSPS) is 11.7. The van der Waals surface area contributed by atoms with Crippen LogP contribution in [-0.4, -0.2) is 32.7 Å². The third kappa shape index (κ3) is 5.97. The first-order valence-corrected chi connectivity index (χ1v) is 6.88. The molecular formula is C11H17N2O4S-. The first-order chi connectivity index (χ1) is 8.38. The maximum absolute atomic E-state index is 10.1. The lowest BCUT2D eigenvalue weighted by atomic mass is 10.1. The highest BCUT2D eigenvalue weighted by atomic mass is 32.3. The molecule has 0 atom stereocenters. The summed E-state index contributed by atoms with van der Waals surface area (Å²) in [4.78, 5) is 0. The molecule has 1 aromatic carbocycles. The van der Waals surface area contributed by atoms with Gasteiger partial charge in [0.1, 0.15) is 0 Å². The molecule has 3 N–H and O–H groups in total. The number of aryl methyl sites for hydroxylation is 1. The third-order valence-corrected chi connectivity index (χ3v) is 2.89. The fourth-order valence-electron chi connectivity index (χ4n) is 1.47. The van der Waals surface area contributed by atoms with E-state index in [-0.39, 0.29) is 6.61 Å². The van der Waals surface area contributed by atoms with Crippen molar-refractivity contribution in [1.82, 2.24) is 5.32 Å². The monoisotopic (exact) mass is 273 g/mol. The predicted octanol–water partition coefficient (Wildman–Crippen LogP) is 0.186. The standard InChI is InChI=1S/C11H18N2O4S/c1-9-8-10(2-3-11(9)12)4-5-13-6-7-17-18(14,15)16/h2-3,8,13H,4-7,12H2,1H3,(H,14,15,16)/p-1. The zero-order valence-electron chi connectivity index (χ0n) is 10.2. The van der Waals surface area contributed by atoms with Crippen LogP contribution in [0, 0.1) is 6.92 Å². The maximum Gasteiger partial charge on any atom is 0.217 e. The quantitative estimate of drug-likeness (QED) is 0.318. The molecule has 0 unspecified atom stereocenters. The SMILES string of the molecule is Cc1cc(CCNCCOS(=O)(=O)[O-])ccc1N. The number of anilines is 1. The van der Waals surface area contributed by atoms with E-state index in [0.717, 1.165) is 23.2 Å². The molecule has 0 fully saturated rings. The topological polar surface area (TPSA) is 104 Å². The smallest absolute Gasteiger partial charge is 0.217 e. The van der Waals surface area contributed by atoms with Crippen molar-refractivity contribution in [3.05, 3.63) is 29.3 Å². The van der Waals surface area contributed by atoms with Crippen molar-refractivity contribution in [2.45, 2.75) is 13.3 Å². The van der Waals surface area contributed by atoms with Crippen molar-refractivity contribution < 1.29 is 17.2 Å². The Labute approximate surface area is 107 Å². The van der Waals surface area contributed by atoms with E-state index in [2.05, 4.69) is 9.50 Å². The second-order valence-electron chi connectivity index (χ2n) is 3.92. The number of rotatable bonds is 7. The zero-order chi connectivity index (χ0) is 13.6. The second-order valence-corrected chi connectivity index (χ2v) is 4.97. The zero-order valence-corrected chi connectivity index (χ0v) is 11.0. The molecule has 0 heterocycles. The summed E-state index contributed by atoms with van der Waals surface area (Å²) < 4.78 is 34.5. The molecule has 1 rings (SSSR count). The van der Waals surface area contributed by atoms with Gasteiger partial charge in [-0.25, -0.2) is 8.42 Å².